The first kappa shape index (κ1) is 9.96. The van der Waals surface area contributed by atoms with Gasteiger partial charge in [-0.2, -0.15) is 0 Å². The number of hydrogen-bond acceptors (Lipinski definition) is 2. The molecule has 0 saturated carbocycles. The molecule has 2 rings (SSSR count). The molecule has 1 fully saturated rings. The second-order valence-electron chi connectivity index (χ2n) is 3.73. The van der Waals surface area contributed by atoms with E-state index in [2.05, 4.69) is 4.98 Å². The lowest BCUT2D eigenvalue weighted by molar-refractivity contribution is 0.197. The van der Waals surface area contributed by atoms with Crippen molar-refractivity contribution in [2.24, 2.45) is 0 Å². The molecule has 2 heterocycles. The average Bonchev–Trinajstić information content (AvgIpc) is 2.57. The molecule has 1 unspecified atom stereocenters. The molecule has 15 heavy (non-hydrogen) atoms. The molecule has 1 aromatic rings. The summed E-state index contributed by atoms with van der Waals surface area (Å²) in [6.07, 6.45) is 3.57. The lowest BCUT2D eigenvalue weighted by atomic mass is 10.1. The molecule has 0 bridgehead atoms. The Morgan fingerprint density at radius 3 is 2.93 bits per heavy atom. The maximum atomic E-state index is 11.8. The lowest BCUT2D eigenvalue weighted by Gasteiger charge is -2.17. The first-order valence-corrected chi connectivity index (χ1v) is 5.15. The van der Waals surface area contributed by atoms with Crippen molar-refractivity contribution < 1.29 is 4.79 Å². The predicted octanol–water partition coefficient (Wildman–Crippen LogP) is 1.51. The molecule has 4 nitrogen and oxygen atoms in total. The smallest absolute Gasteiger partial charge is 0.320 e. The molecule has 2 amide bonds. The molecule has 80 valence electrons. The van der Waals surface area contributed by atoms with Crippen LogP contribution in [-0.2, 0) is 0 Å². The zero-order valence-corrected chi connectivity index (χ0v) is 9.05. The highest BCUT2D eigenvalue weighted by molar-refractivity contribution is 5.77. The summed E-state index contributed by atoms with van der Waals surface area (Å²) >= 11 is 0. The van der Waals surface area contributed by atoms with Crippen molar-refractivity contribution in [3.05, 3.63) is 30.1 Å². The van der Waals surface area contributed by atoms with Crippen molar-refractivity contribution in [2.45, 2.75) is 13.0 Å². The van der Waals surface area contributed by atoms with E-state index in [-0.39, 0.29) is 12.1 Å². The van der Waals surface area contributed by atoms with Crippen LogP contribution in [0.1, 0.15) is 18.5 Å². The van der Waals surface area contributed by atoms with Gasteiger partial charge in [0.05, 0.1) is 6.04 Å². The molecule has 4 heteroatoms. The number of nitrogens with zero attached hydrogens (tertiary/aromatic N) is 3. The Kier molecular flexibility index (Phi) is 2.58. The van der Waals surface area contributed by atoms with Crippen molar-refractivity contribution in [3.63, 3.8) is 0 Å². The van der Waals surface area contributed by atoms with E-state index in [0.717, 1.165) is 18.7 Å². The normalized spacial score (nSPS) is 21.2. The number of carbonyl (C=O) groups excluding carboxylic acids is 1. The second kappa shape index (κ2) is 3.88. The molecule has 1 aromatic heterocycles. The highest BCUT2D eigenvalue weighted by atomic mass is 16.2. The lowest BCUT2D eigenvalue weighted by Crippen LogP contribution is -2.29. The minimum absolute atomic E-state index is 0.103. The van der Waals surface area contributed by atoms with E-state index in [1.807, 2.05) is 37.2 Å². The molecule has 0 N–H and O–H groups in total. The molecular formula is C11H15N3O. The van der Waals surface area contributed by atoms with Crippen LogP contribution in [0.3, 0.4) is 0 Å². The monoisotopic (exact) mass is 205 g/mol. The fourth-order valence-corrected chi connectivity index (χ4v) is 1.93. The average molecular weight is 205 g/mol. The van der Waals surface area contributed by atoms with Gasteiger partial charge in [-0.25, -0.2) is 4.79 Å². The number of carbonyl (C=O) groups is 1. The van der Waals surface area contributed by atoms with Gasteiger partial charge in [-0.15, -0.1) is 0 Å². The third-order valence-electron chi connectivity index (χ3n) is 2.88. The summed E-state index contributed by atoms with van der Waals surface area (Å²) in [6.45, 7) is 3.52. The number of likely N-dealkylation sites (N-methyl/N-ethyl adjacent to an activating group) is 2. The van der Waals surface area contributed by atoms with Crippen LogP contribution in [0.2, 0.25) is 0 Å². The van der Waals surface area contributed by atoms with Crippen LogP contribution in [0.15, 0.2) is 24.5 Å². The molecule has 0 aliphatic carbocycles. The van der Waals surface area contributed by atoms with Gasteiger partial charge in [0.25, 0.3) is 0 Å². The summed E-state index contributed by atoms with van der Waals surface area (Å²) < 4.78 is 0. The molecule has 1 aliphatic rings. The van der Waals surface area contributed by atoms with E-state index in [4.69, 9.17) is 0 Å². The van der Waals surface area contributed by atoms with Gasteiger partial charge in [0, 0.05) is 32.5 Å². The van der Waals surface area contributed by atoms with Crippen LogP contribution >= 0.6 is 0 Å². The Hall–Kier alpha value is -1.58. The number of hydrogen-bond donors (Lipinski definition) is 0. The van der Waals surface area contributed by atoms with Crippen LogP contribution < -0.4 is 0 Å². The van der Waals surface area contributed by atoms with E-state index in [9.17, 15) is 4.79 Å². The Labute approximate surface area is 89.5 Å². The highest BCUT2D eigenvalue weighted by Gasteiger charge is 2.34. The summed E-state index contributed by atoms with van der Waals surface area (Å²) in [4.78, 5) is 19.5. The predicted molar refractivity (Wildman–Crippen MR) is 57.4 cm³/mol. The van der Waals surface area contributed by atoms with Crippen LogP contribution in [0.25, 0.3) is 0 Å². The highest BCUT2D eigenvalue weighted by Crippen LogP contribution is 2.26. The van der Waals surface area contributed by atoms with Crippen molar-refractivity contribution in [1.82, 2.24) is 14.8 Å². The minimum atomic E-state index is 0.103. The van der Waals surface area contributed by atoms with E-state index >= 15 is 0 Å². The first-order chi connectivity index (χ1) is 7.24. The summed E-state index contributed by atoms with van der Waals surface area (Å²) in [7, 11) is 1.84. The zero-order valence-electron chi connectivity index (χ0n) is 9.05. The van der Waals surface area contributed by atoms with Gasteiger partial charge in [0.15, 0.2) is 0 Å². The molecular weight excluding hydrogens is 190 g/mol. The maximum Gasteiger partial charge on any atom is 0.320 e. The van der Waals surface area contributed by atoms with E-state index in [0.29, 0.717) is 0 Å². The second-order valence-corrected chi connectivity index (χ2v) is 3.73. The van der Waals surface area contributed by atoms with Crippen LogP contribution in [-0.4, -0.2) is 41.0 Å². The third kappa shape index (κ3) is 1.67. The molecule has 1 atom stereocenters. The van der Waals surface area contributed by atoms with Gasteiger partial charge >= 0.3 is 6.03 Å². The fraction of sp³-hybridized carbons (Fsp3) is 0.455. The van der Waals surface area contributed by atoms with Crippen LogP contribution in [0.4, 0.5) is 4.79 Å². The van der Waals surface area contributed by atoms with E-state index in [1.54, 1.807) is 11.1 Å². The van der Waals surface area contributed by atoms with Gasteiger partial charge in [-0.3, -0.25) is 4.98 Å². The van der Waals surface area contributed by atoms with Crippen molar-refractivity contribution in [2.75, 3.05) is 20.1 Å². The van der Waals surface area contributed by atoms with Crippen molar-refractivity contribution in [3.8, 4) is 0 Å². The molecule has 1 saturated heterocycles. The Morgan fingerprint density at radius 2 is 2.40 bits per heavy atom. The summed E-state index contributed by atoms with van der Waals surface area (Å²) in [5.74, 6) is 0. The number of rotatable bonds is 2. The maximum absolute atomic E-state index is 11.8. The molecule has 0 spiro atoms. The Balaban J connectivity index is 2.22. The number of amides is 2. The Morgan fingerprint density at radius 1 is 1.60 bits per heavy atom. The fourth-order valence-electron chi connectivity index (χ4n) is 1.93. The van der Waals surface area contributed by atoms with Crippen molar-refractivity contribution >= 4 is 6.03 Å². The van der Waals surface area contributed by atoms with Gasteiger partial charge in [-0.1, -0.05) is 6.07 Å². The SMILES string of the molecule is CCN1CC(c2cccnc2)N(C)C1=O. The minimum Gasteiger partial charge on any atom is -0.323 e. The van der Waals surface area contributed by atoms with Crippen molar-refractivity contribution in [1.29, 1.82) is 0 Å². The topological polar surface area (TPSA) is 36.4 Å². The van der Waals surface area contributed by atoms with Crippen LogP contribution in [0, 0.1) is 0 Å². The molecule has 0 aromatic carbocycles. The van der Waals surface area contributed by atoms with Gasteiger partial charge < -0.3 is 9.80 Å². The van der Waals surface area contributed by atoms with E-state index < -0.39 is 0 Å². The molecule has 0 radical (unpaired) electrons. The summed E-state index contributed by atoms with van der Waals surface area (Å²) in [5, 5.41) is 0. The first-order valence-electron chi connectivity index (χ1n) is 5.15. The largest absolute Gasteiger partial charge is 0.323 e. The van der Waals surface area contributed by atoms with Crippen LogP contribution in [0.5, 0.6) is 0 Å². The van der Waals surface area contributed by atoms with Gasteiger partial charge in [0.2, 0.25) is 0 Å². The quantitative estimate of drug-likeness (QED) is 0.733. The number of aromatic nitrogens is 1. The summed E-state index contributed by atoms with van der Waals surface area (Å²) in [5.41, 5.74) is 1.10. The Bertz CT molecular complexity index is 352. The van der Waals surface area contributed by atoms with Gasteiger partial charge in [0.1, 0.15) is 0 Å². The molecule has 1 aliphatic heterocycles. The van der Waals surface area contributed by atoms with Gasteiger partial charge in [-0.05, 0) is 18.6 Å². The summed E-state index contributed by atoms with van der Waals surface area (Å²) in [6, 6.07) is 4.17. The number of pyridine rings is 1. The zero-order chi connectivity index (χ0) is 10.8. The van der Waals surface area contributed by atoms with E-state index in [1.165, 1.54) is 0 Å². The number of urea groups is 1. The standard InChI is InChI=1S/C11H15N3O/c1-3-14-8-10(13(2)11(14)15)9-5-4-6-12-7-9/h4-7,10H,3,8H2,1-2H3. The third-order valence-corrected chi connectivity index (χ3v) is 2.88.